The lowest BCUT2D eigenvalue weighted by molar-refractivity contribution is 0.669. The lowest BCUT2D eigenvalue weighted by Gasteiger charge is -1.95. The molecule has 96 valence electrons. The van der Waals surface area contributed by atoms with Gasteiger partial charge in [-0.2, -0.15) is 0 Å². The quantitative estimate of drug-likeness (QED) is 0.703. The Kier molecular flexibility index (Phi) is 3.34. The summed E-state index contributed by atoms with van der Waals surface area (Å²) in [4.78, 5) is 0. The average Bonchev–Trinajstić information content (AvgIpc) is 2.82. The first-order chi connectivity index (χ1) is 9.38. The van der Waals surface area contributed by atoms with Crippen LogP contribution in [0.4, 0.5) is 0 Å². The standard InChI is InChI=1S/C17H17NO/c1-18-11-5-4-6-13-9-10-17-15(12-13)14-7-2-3-8-16(14)19-17/h2-4,6-10,12,18H,5,11H2,1H3. The molecule has 0 atom stereocenters. The van der Waals surface area contributed by atoms with Crippen molar-refractivity contribution in [3.8, 4) is 0 Å². The lowest BCUT2D eigenvalue weighted by Crippen LogP contribution is -2.05. The maximum Gasteiger partial charge on any atom is 0.135 e. The molecule has 19 heavy (non-hydrogen) atoms. The Morgan fingerprint density at radius 1 is 1.05 bits per heavy atom. The van der Waals surface area contributed by atoms with E-state index in [9.17, 15) is 0 Å². The summed E-state index contributed by atoms with van der Waals surface area (Å²) < 4.78 is 5.82. The van der Waals surface area contributed by atoms with Gasteiger partial charge in [-0.1, -0.05) is 36.4 Å². The molecule has 1 N–H and O–H groups in total. The maximum atomic E-state index is 5.82. The first-order valence-electron chi connectivity index (χ1n) is 6.61. The molecular weight excluding hydrogens is 234 g/mol. The number of hydrogen-bond donors (Lipinski definition) is 1. The van der Waals surface area contributed by atoms with Crippen molar-refractivity contribution in [1.82, 2.24) is 5.32 Å². The SMILES string of the molecule is CNCCC=Cc1ccc2oc3ccccc3c2c1. The molecule has 0 aliphatic rings. The molecule has 0 fully saturated rings. The van der Waals surface area contributed by atoms with Gasteiger partial charge in [-0.3, -0.25) is 0 Å². The number of furan rings is 1. The van der Waals surface area contributed by atoms with Crippen molar-refractivity contribution < 1.29 is 4.42 Å². The van der Waals surface area contributed by atoms with Gasteiger partial charge in [0, 0.05) is 10.8 Å². The highest BCUT2D eigenvalue weighted by Gasteiger charge is 2.05. The van der Waals surface area contributed by atoms with Crippen LogP contribution in [0.1, 0.15) is 12.0 Å². The van der Waals surface area contributed by atoms with Gasteiger partial charge in [0.1, 0.15) is 11.2 Å². The zero-order valence-corrected chi connectivity index (χ0v) is 11.0. The summed E-state index contributed by atoms with van der Waals surface area (Å²) in [6.07, 6.45) is 5.40. The molecule has 2 nitrogen and oxygen atoms in total. The van der Waals surface area contributed by atoms with E-state index < -0.39 is 0 Å². The van der Waals surface area contributed by atoms with Crippen LogP contribution in [0.25, 0.3) is 28.0 Å². The minimum absolute atomic E-state index is 0.952. The van der Waals surface area contributed by atoms with Crippen LogP contribution in [0.5, 0.6) is 0 Å². The summed E-state index contributed by atoms with van der Waals surface area (Å²) >= 11 is 0. The van der Waals surface area contributed by atoms with Crippen molar-refractivity contribution in [2.45, 2.75) is 6.42 Å². The van der Waals surface area contributed by atoms with Crippen LogP contribution in [0.15, 0.2) is 53.0 Å². The van der Waals surface area contributed by atoms with E-state index in [2.05, 4.69) is 35.7 Å². The minimum atomic E-state index is 0.952. The van der Waals surface area contributed by atoms with Crippen LogP contribution in [0, 0.1) is 0 Å². The van der Waals surface area contributed by atoms with Crippen molar-refractivity contribution in [1.29, 1.82) is 0 Å². The Balaban J connectivity index is 1.99. The summed E-state index contributed by atoms with van der Waals surface area (Å²) in [5.74, 6) is 0. The van der Waals surface area contributed by atoms with Gasteiger partial charge < -0.3 is 9.73 Å². The maximum absolute atomic E-state index is 5.82. The van der Waals surface area contributed by atoms with Crippen LogP contribution in [0.3, 0.4) is 0 Å². The molecule has 2 heteroatoms. The normalized spacial score (nSPS) is 11.8. The van der Waals surface area contributed by atoms with Gasteiger partial charge in [0.25, 0.3) is 0 Å². The topological polar surface area (TPSA) is 25.2 Å². The lowest BCUT2D eigenvalue weighted by atomic mass is 10.1. The van der Waals surface area contributed by atoms with Gasteiger partial charge in [0.2, 0.25) is 0 Å². The van der Waals surface area contributed by atoms with Crippen LogP contribution in [0.2, 0.25) is 0 Å². The highest BCUT2D eigenvalue weighted by Crippen LogP contribution is 2.29. The van der Waals surface area contributed by atoms with E-state index in [1.807, 2.05) is 31.3 Å². The summed E-state index contributed by atoms with van der Waals surface area (Å²) in [6, 6.07) is 14.5. The fraction of sp³-hybridized carbons (Fsp3) is 0.176. The van der Waals surface area contributed by atoms with E-state index in [4.69, 9.17) is 4.42 Å². The van der Waals surface area contributed by atoms with Crippen molar-refractivity contribution in [2.75, 3.05) is 13.6 Å². The molecule has 1 aromatic heterocycles. The second-order valence-corrected chi connectivity index (χ2v) is 4.65. The predicted octanol–water partition coefficient (Wildman–Crippen LogP) is 4.21. The second-order valence-electron chi connectivity index (χ2n) is 4.65. The van der Waals surface area contributed by atoms with Gasteiger partial charge in [-0.25, -0.2) is 0 Å². The van der Waals surface area contributed by atoms with E-state index in [0.29, 0.717) is 0 Å². The monoisotopic (exact) mass is 251 g/mol. The van der Waals surface area contributed by atoms with Crippen molar-refractivity contribution >= 4 is 28.0 Å². The number of para-hydroxylation sites is 1. The molecule has 3 aromatic rings. The number of fused-ring (bicyclic) bond motifs is 3. The highest BCUT2D eigenvalue weighted by molar-refractivity contribution is 6.05. The van der Waals surface area contributed by atoms with Gasteiger partial charge in [-0.05, 0) is 43.8 Å². The third-order valence-electron chi connectivity index (χ3n) is 3.27. The van der Waals surface area contributed by atoms with Crippen molar-refractivity contribution in [2.24, 2.45) is 0 Å². The van der Waals surface area contributed by atoms with Gasteiger partial charge >= 0.3 is 0 Å². The van der Waals surface area contributed by atoms with Crippen LogP contribution in [-0.4, -0.2) is 13.6 Å². The molecule has 2 aromatic carbocycles. The zero-order chi connectivity index (χ0) is 13.1. The third kappa shape index (κ3) is 2.40. The van der Waals surface area contributed by atoms with E-state index in [-0.39, 0.29) is 0 Å². The number of nitrogens with one attached hydrogen (secondary N) is 1. The first-order valence-corrected chi connectivity index (χ1v) is 6.61. The Morgan fingerprint density at radius 2 is 1.89 bits per heavy atom. The first kappa shape index (κ1) is 12.0. The van der Waals surface area contributed by atoms with Crippen molar-refractivity contribution in [3.63, 3.8) is 0 Å². The Hall–Kier alpha value is -2.06. The largest absolute Gasteiger partial charge is 0.456 e. The highest BCUT2D eigenvalue weighted by atomic mass is 16.3. The minimum Gasteiger partial charge on any atom is -0.456 e. The molecule has 0 radical (unpaired) electrons. The van der Waals surface area contributed by atoms with Crippen LogP contribution in [-0.2, 0) is 0 Å². The Labute approximate surface area is 112 Å². The number of benzene rings is 2. The van der Waals surface area contributed by atoms with Crippen molar-refractivity contribution in [3.05, 3.63) is 54.1 Å². The molecule has 3 rings (SSSR count). The van der Waals surface area contributed by atoms with Crippen LogP contribution >= 0.6 is 0 Å². The fourth-order valence-corrected chi connectivity index (χ4v) is 2.29. The number of hydrogen-bond acceptors (Lipinski definition) is 2. The molecule has 0 amide bonds. The summed E-state index contributed by atoms with van der Waals surface area (Å²) in [7, 11) is 1.97. The fourth-order valence-electron chi connectivity index (χ4n) is 2.29. The van der Waals surface area contributed by atoms with E-state index in [1.54, 1.807) is 0 Å². The predicted molar refractivity (Wildman–Crippen MR) is 81.3 cm³/mol. The Bertz CT molecular complexity index is 724. The van der Waals surface area contributed by atoms with Gasteiger partial charge in [0.05, 0.1) is 0 Å². The molecule has 0 saturated heterocycles. The molecule has 0 aliphatic carbocycles. The molecule has 1 heterocycles. The molecule has 0 aliphatic heterocycles. The average molecular weight is 251 g/mol. The number of rotatable bonds is 4. The molecule has 0 bridgehead atoms. The summed E-state index contributed by atoms with van der Waals surface area (Å²) in [5.41, 5.74) is 3.12. The van der Waals surface area contributed by atoms with E-state index in [0.717, 1.165) is 24.1 Å². The molecular formula is C17H17NO. The Morgan fingerprint density at radius 3 is 2.79 bits per heavy atom. The zero-order valence-electron chi connectivity index (χ0n) is 11.0. The van der Waals surface area contributed by atoms with Gasteiger partial charge in [-0.15, -0.1) is 0 Å². The molecule has 0 saturated carbocycles. The third-order valence-corrected chi connectivity index (χ3v) is 3.27. The summed E-state index contributed by atoms with van der Waals surface area (Å²) in [5, 5.41) is 5.51. The van der Waals surface area contributed by atoms with Gasteiger partial charge in [0.15, 0.2) is 0 Å². The second kappa shape index (κ2) is 5.29. The summed E-state index contributed by atoms with van der Waals surface area (Å²) in [6.45, 7) is 1.01. The van der Waals surface area contributed by atoms with E-state index >= 15 is 0 Å². The van der Waals surface area contributed by atoms with Crippen LogP contribution < -0.4 is 5.32 Å². The van der Waals surface area contributed by atoms with E-state index in [1.165, 1.54) is 16.3 Å². The molecule has 0 unspecified atom stereocenters. The smallest absolute Gasteiger partial charge is 0.135 e. The molecule has 0 spiro atoms.